The second-order valence-electron chi connectivity index (χ2n) is 2.52. The Hall–Kier alpha value is -0.573. The zero-order valence-electron chi connectivity index (χ0n) is 7.25. The van der Waals surface area contributed by atoms with E-state index in [0.717, 1.165) is 6.08 Å². The van der Waals surface area contributed by atoms with Crippen molar-refractivity contribution in [2.24, 2.45) is 0 Å². The van der Waals surface area contributed by atoms with Gasteiger partial charge >= 0.3 is 18.2 Å². The number of hydrogen-bond donors (Lipinski definition) is 0. The van der Waals surface area contributed by atoms with E-state index < -0.39 is 28.0 Å². The molecule has 0 N–H and O–H groups in total. The summed E-state index contributed by atoms with van der Waals surface area (Å²) in [5.41, 5.74) is 0. The third-order valence-corrected chi connectivity index (χ3v) is 2.60. The third kappa shape index (κ3) is 3.19. The summed E-state index contributed by atoms with van der Waals surface area (Å²) in [6, 6.07) is -0.183. The van der Waals surface area contributed by atoms with Crippen molar-refractivity contribution in [1.82, 2.24) is 0 Å². The molecule has 0 aliphatic rings. The molecule has 0 bridgehead atoms. The maximum Gasteiger partial charge on any atom is 0.457 e. The van der Waals surface area contributed by atoms with Crippen LogP contribution in [0, 0.1) is 0 Å². The summed E-state index contributed by atoms with van der Waals surface area (Å²) in [7, 11) is -2.29. The summed E-state index contributed by atoms with van der Waals surface area (Å²) < 4.78 is 86.8. The summed E-state index contributed by atoms with van der Waals surface area (Å²) in [6.45, 7) is 3.07. The van der Waals surface area contributed by atoms with Gasteiger partial charge in [-0.1, -0.05) is 6.08 Å². The Morgan fingerprint density at radius 3 is 1.67 bits per heavy atom. The van der Waals surface area contributed by atoms with Crippen LogP contribution in [0.5, 0.6) is 0 Å². The van der Waals surface area contributed by atoms with E-state index in [-0.39, 0.29) is 6.04 Å². The van der Waals surface area contributed by atoms with Gasteiger partial charge in [-0.05, 0) is 6.04 Å². The van der Waals surface area contributed by atoms with Gasteiger partial charge in [0.25, 0.3) is 0 Å². The minimum absolute atomic E-state index is 0.183. The van der Waals surface area contributed by atoms with Crippen molar-refractivity contribution in [3.8, 4) is 0 Å². The molecule has 0 spiro atoms. The van der Waals surface area contributed by atoms with Gasteiger partial charge in [0.05, 0.1) is 0 Å². The SMILES string of the molecule is C=CC[SiH2]OC(F)(C(F)(F)F)C(F)(F)F. The Labute approximate surface area is 82.8 Å². The van der Waals surface area contributed by atoms with E-state index in [1.807, 2.05) is 0 Å². The van der Waals surface area contributed by atoms with Gasteiger partial charge in [-0.3, -0.25) is 0 Å². The highest BCUT2D eigenvalue weighted by atomic mass is 28.2. The molecule has 0 saturated carbocycles. The predicted molar refractivity (Wildman–Crippen MR) is 40.6 cm³/mol. The molecule has 90 valence electrons. The van der Waals surface area contributed by atoms with E-state index in [9.17, 15) is 30.7 Å². The summed E-state index contributed by atoms with van der Waals surface area (Å²) in [6.07, 6.45) is -11.2. The van der Waals surface area contributed by atoms with Crippen LogP contribution in [0.3, 0.4) is 0 Å². The molecule has 0 unspecified atom stereocenters. The van der Waals surface area contributed by atoms with Crippen LogP contribution in [0.25, 0.3) is 0 Å². The van der Waals surface area contributed by atoms with E-state index in [2.05, 4.69) is 11.0 Å². The van der Waals surface area contributed by atoms with E-state index in [1.54, 1.807) is 0 Å². The zero-order valence-corrected chi connectivity index (χ0v) is 8.67. The lowest BCUT2D eigenvalue weighted by molar-refractivity contribution is -0.407. The first-order valence-corrected chi connectivity index (χ1v) is 5.21. The van der Waals surface area contributed by atoms with Crippen molar-refractivity contribution in [2.75, 3.05) is 0 Å². The second kappa shape index (κ2) is 4.52. The zero-order chi connectivity index (χ0) is 12.3. The number of allylic oxidation sites excluding steroid dienone is 1. The van der Waals surface area contributed by atoms with E-state index in [0.29, 0.717) is 0 Å². The lowest BCUT2D eigenvalue weighted by Gasteiger charge is -2.29. The molecule has 9 heteroatoms. The molecule has 0 aromatic heterocycles. The number of alkyl halides is 7. The smallest absolute Gasteiger partial charge is 0.380 e. The van der Waals surface area contributed by atoms with Gasteiger partial charge in [0.1, 0.15) is 0 Å². The second-order valence-corrected chi connectivity index (χ2v) is 3.79. The molecule has 0 saturated heterocycles. The van der Waals surface area contributed by atoms with Gasteiger partial charge in [-0.25, -0.2) is 0 Å². The molecule has 0 radical (unpaired) electrons. The normalized spacial score (nSPS) is 14.9. The van der Waals surface area contributed by atoms with Crippen LogP contribution in [0.1, 0.15) is 0 Å². The minimum Gasteiger partial charge on any atom is -0.380 e. The van der Waals surface area contributed by atoms with Crippen LogP contribution in [0.15, 0.2) is 12.7 Å². The van der Waals surface area contributed by atoms with Crippen LogP contribution in [0.4, 0.5) is 30.7 Å². The van der Waals surface area contributed by atoms with Crippen molar-refractivity contribution in [3.05, 3.63) is 12.7 Å². The summed E-state index contributed by atoms with van der Waals surface area (Å²) in [4.78, 5) is 0. The molecule has 15 heavy (non-hydrogen) atoms. The molecule has 0 aliphatic heterocycles. The Balaban J connectivity index is 4.81. The number of hydrogen-bond acceptors (Lipinski definition) is 1. The summed E-state index contributed by atoms with van der Waals surface area (Å²) >= 11 is 0. The van der Waals surface area contributed by atoms with Gasteiger partial charge in [-0.2, -0.15) is 30.7 Å². The third-order valence-electron chi connectivity index (χ3n) is 1.35. The van der Waals surface area contributed by atoms with Gasteiger partial charge in [-0.15, -0.1) is 6.58 Å². The monoisotopic (exact) mass is 256 g/mol. The Morgan fingerprint density at radius 1 is 1.00 bits per heavy atom. The van der Waals surface area contributed by atoms with Crippen LogP contribution in [-0.4, -0.2) is 28.0 Å². The summed E-state index contributed by atoms with van der Waals surface area (Å²) in [5.74, 6) is -5.56. The van der Waals surface area contributed by atoms with Crippen LogP contribution in [-0.2, 0) is 4.43 Å². The molecule has 0 heterocycles. The van der Waals surface area contributed by atoms with Crippen LogP contribution >= 0.6 is 0 Å². The lowest BCUT2D eigenvalue weighted by atomic mass is 10.3. The van der Waals surface area contributed by atoms with Gasteiger partial charge in [0.2, 0.25) is 0 Å². The van der Waals surface area contributed by atoms with E-state index in [1.165, 1.54) is 0 Å². The van der Waals surface area contributed by atoms with Crippen molar-refractivity contribution in [1.29, 1.82) is 0 Å². The van der Waals surface area contributed by atoms with Gasteiger partial charge in [0, 0.05) is 0 Å². The predicted octanol–water partition coefficient (Wildman–Crippen LogP) is 2.48. The largest absolute Gasteiger partial charge is 0.457 e. The number of halogens is 7. The fraction of sp³-hybridized carbons (Fsp3) is 0.667. The highest BCUT2D eigenvalue weighted by Crippen LogP contribution is 2.46. The summed E-state index contributed by atoms with van der Waals surface area (Å²) in [5, 5.41) is 0. The molecule has 0 aromatic carbocycles. The van der Waals surface area contributed by atoms with Crippen molar-refractivity contribution in [2.45, 2.75) is 24.3 Å². The average molecular weight is 256 g/mol. The Bertz CT molecular complexity index is 207. The molecule has 0 amide bonds. The average Bonchev–Trinajstić information content (AvgIpc) is 2.00. The molecule has 0 fully saturated rings. The molecular formula is C6H7F7OSi. The minimum atomic E-state index is -6.13. The molecule has 0 rings (SSSR count). The first-order valence-electron chi connectivity index (χ1n) is 3.63. The first-order chi connectivity index (χ1) is 6.56. The van der Waals surface area contributed by atoms with Gasteiger partial charge < -0.3 is 4.43 Å². The topological polar surface area (TPSA) is 9.23 Å². The fourth-order valence-electron chi connectivity index (χ4n) is 0.607. The molecular weight excluding hydrogens is 249 g/mol. The molecule has 0 atom stereocenters. The molecule has 1 nitrogen and oxygen atoms in total. The highest BCUT2D eigenvalue weighted by Gasteiger charge is 2.74. The van der Waals surface area contributed by atoms with E-state index in [4.69, 9.17) is 0 Å². The van der Waals surface area contributed by atoms with Gasteiger partial charge in [0.15, 0.2) is 9.76 Å². The molecule has 0 aromatic rings. The lowest BCUT2D eigenvalue weighted by Crippen LogP contribution is -2.55. The molecule has 0 aliphatic carbocycles. The van der Waals surface area contributed by atoms with Crippen molar-refractivity contribution in [3.63, 3.8) is 0 Å². The Morgan fingerprint density at radius 2 is 1.40 bits per heavy atom. The van der Waals surface area contributed by atoms with Crippen LogP contribution < -0.4 is 0 Å². The maximum atomic E-state index is 12.7. The van der Waals surface area contributed by atoms with Crippen LogP contribution in [0.2, 0.25) is 6.04 Å². The standard InChI is InChI=1S/C6H7F7OSi/c1-2-3-15-14-4(7,5(8,9)10)6(11,12)13/h2H,1,3,15H2. The van der Waals surface area contributed by atoms with E-state index >= 15 is 0 Å². The first kappa shape index (κ1) is 14.4. The number of rotatable bonds is 4. The quantitative estimate of drug-likeness (QED) is 0.325. The fourth-order valence-corrected chi connectivity index (χ4v) is 1.50. The van der Waals surface area contributed by atoms with Crippen molar-refractivity contribution < 1.29 is 35.2 Å². The van der Waals surface area contributed by atoms with Crippen molar-refractivity contribution >= 4 is 9.76 Å². The Kier molecular flexibility index (Phi) is 4.34. The maximum absolute atomic E-state index is 12.7. The highest BCUT2D eigenvalue weighted by molar-refractivity contribution is 6.28.